The van der Waals surface area contributed by atoms with Crippen LogP contribution in [-0.2, 0) is 6.42 Å². The molecule has 0 bridgehead atoms. The lowest BCUT2D eigenvalue weighted by Gasteiger charge is -2.23. The summed E-state index contributed by atoms with van der Waals surface area (Å²) in [5, 5.41) is 6.93. The minimum atomic E-state index is 0.480. The lowest BCUT2D eigenvalue weighted by atomic mass is 9.92. The molecule has 1 fully saturated rings. The van der Waals surface area contributed by atoms with E-state index < -0.39 is 0 Å². The average molecular weight is 303 g/mol. The maximum absolute atomic E-state index is 5.30. The molecule has 5 heteroatoms. The lowest BCUT2D eigenvalue weighted by molar-refractivity contribution is 0.384. The van der Waals surface area contributed by atoms with Gasteiger partial charge in [0.15, 0.2) is 5.96 Å². The molecule has 0 radical (unpaired) electrons. The third-order valence-corrected chi connectivity index (χ3v) is 4.46. The molecule has 2 N–H and O–H groups in total. The maximum atomic E-state index is 5.30. The smallest absolute Gasteiger partial charge is 0.191 e. The quantitative estimate of drug-likeness (QED) is 0.875. The van der Waals surface area contributed by atoms with Gasteiger partial charge in [0.25, 0.3) is 0 Å². The van der Waals surface area contributed by atoms with E-state index in [0.29, 0.717) is 12.1 Å². The van der Waals surface area contributed by atoms with Crippen molar-refractivity contribution in [3.63, 3.8) is 0 Å². The number of methoxy groups -OCH3 is 2. The molecule has 1 aliphatic carbocycles. The van der Waals surface area contributed by atoms with Crippen LogP contribution in [0.15, 0.2) is 23.2 Å². The van der Waals surface area contributed by atoms with E-state index in [1.165, 1.54) is 31.2 Å². The molecule has 0 saturated heterocycles. The zero-order chi connectivity index (χ0) is 15.4. The largest absolute Gasteiger partial charge is 0.497 e. The summed E-state index contributed by atoms with van der Waals surface area (Å²) in [6.07, 6.45) is 6.00. The van der Waals surface area contributed by atoms with E-state index in [0.717, 1.165) is 30.4 Å². The highest BCUT2D eigenvalue weighted by molar-refractivity contribution is 5.82. The summed E-state index contributed by atoms with van der Waals surface area (Å²) >= 11 is 0. The number of benzene rings is 1. The first-order valence-corrected chi connectivity index (χ1v) is 8.08. The van der Waals surface area contributed by atoms with Crippen LogP contribution in [0.4, 0.5) is 0 Å². The Bertz CT molecular complexity index is 522. The predicted octanol–water partition coefficient (Wildman–Crippen LogP) is 2.11. The maximum Gasteiger partial charge on any atom is 0.191 e. The molecule has 5 nitrogen and oxygen atoms in total. The molecule has 1 saturated carbocycles. The van der Waals surface area contributed by atoms with Crippen LogP contribution >= 0.6 is 0 Å². The summed E-state index contributed by atoms with van der Waals surface area (Å²) < 4.78 is 10.6. The molecule has 1 aromatic rings. The summed E-state index contributed by atoms with van der Waals surface area (Å²) in [6.45, 7) is 0.849. The second-order valence-electron chi connectivity index (χ2n) is 5.98. The molecule has 0 spiro atoms. The van der Waals surface area contributed by atoms with E-state index in [4.69, 9.17) is 14.5 Å². The fourth-order valence-electron chi connectivity index (χ4n) is 3.25. The second kappa shape index (κ2) is 6.90. The van der Waals surface area contributed by atoms with Crippen LogP contribution in [0.25, 0.3) is 0 Å². The van der Waals surface area contributed by atoms with Crippen LogP contribution in [-0.4, -0.2) is 38.8 Å². The number of fused-ring (bicyclic) bond motifs is 1. The minimum Gasteiger partial charge on any atom is -0.497 e. The van der Waals surface area contributed by atoms with Crippen LogP contribution in [0, 0.1) is 0 Å². The molecule has 0 aromatic heterocycles. The third kappa shape index (κ3) is 3.46. The Morgan fingerprint density at radius 1 is 1.14 bits per heavy atom. The van der Waals surface area contributed by atoms with Crippen LogP contribution in [0.5, 0.6) is 11.5 Å². The SMILES string of the molecule is COc1cc(CCNC2=N[C@@H]3CCCC[C@H]3N2)cc(OC)c1. The molecular formula is C17H25N3O2. The van der Waals surface area contributed by atoms with E-state index in [1.54, 1.807) is 14.2 Å². The molecule has 22 heavy (non-hydrogen) atoms. The highest BCUT2D eigenvalue weighted by atomic mass is 16.5. The molecule has 1 heterocycles. The molecule has 0 amide bonds. The fourth-order valence-corrected chi connectivity index (χ4v) is 3.25. The highest BCUT2D eigenvalue weighted by Crippen LogP contribution is 2.24. The van der Waals surface area contributed by atoms with E-state index in [-0.39, 0.29) is 0 Å². The number of hydrogen-bond donors (Lipinski definition) is 2. The van der Waals surface area contributed by atoms with Crippen LogP contribution < -0.4 is 20.1 Å². The summed E-state index contributed by atoms with van der Waals surface area (Å²) in [7, 11) is 3.35. The van der Waals surface area contributed by atoms with Gasteiger partial charge in [-0.3, -0.25) is 0 Å². The molecule has 120 valence electrons. The van der Waals surface area contributed by atoms with Crippen molar-refractivity contribution in [2.75, 3.05) is 20.8 Å². The van der Waals surface area contributed by atoms with Gasteiger partial charge in [0, 0.05) is 12.6 Å². The Hall–Kier alpha value is -1.91. The molecular weight excluding hydrogens is 278 g/mol. The standard InChI is InChI=1S/C17H25N3O2/c1-21-13-9-12(10-14(11-13)22-2)7-8-18-17-19-15-5-3-4-6-16(15)20-17/h9-11,15-16H,3-8H2,1-2H3,(H2,18,19,20)/t15-,16-/m1/s1. The summed E-state index contributed by atoms with van der Waals surface area (Å²) in [5.74, 6) is 2.63. The average Bonchev–Trinajstić information content (AvgIpc) is 2.97. The van der Waals surface area contributed by atoms with Crippen molar-refractivity contribution >= 4 is 5.96 Å². The van der Waals surface area contributed by atoms with Crippen molar-refractivity contribution < 1.29 is 9.47 Å². The van der Waals surface area contributed by atoms with Gasteiger partial charge >= 0.3 is 0 Å². The highest BCUT2D eigenvalue weighted by Gasteiger charge is 2.30. The Kier molecular flexibility index (Phi) is 4.71. The molecule has 1 aromatic carbocycles. The minimum absolute atomic E-state index is 0.480. The topological polar surface area (TPSA) is 54.9 Å². The number of nitrogens with zero attached hydrogens (tertiary/aromatic N) is 1. The van der Waals surface area contributed by atoms with Gasteiger partial charge in [-0.1, -0.05) is 12.8 Å². The van der Waals surface area contributed by atoms with Crippen molar-refractivity contribution in [2.45, 2.75) is 44.2 Å². The molecule has 2 aliphatic rings. The van der Waals surface area contributed by atoms with Crippen molar-refractivity contribution in [3.05, 3.63) is 23.8 Å². The van der Waals surface area contributed by atoms with Gasteiger partial charge in [-0.15, -0.1) is 0 Å². The van der Waals surface area contributed by atoms with Gasteiger partial charge in [0.1, 0.15) is 11.5 Å². The fraction of sp³-hybridized carbons (Fsp3) is 0.588. The van der Waals surface area contributed by atoms with Gasteiger partial charge in [-0.05, 0) is 37.0 Å². The van der Waals surface area contributed by atoms with E-state index in [2.05, 4.69) is 10.6 Å². The van der Waals surface area contributed by atoms with Gasteiger partial charge < -0.3 is 20.1 Å². The predicted molar refractivity (Wildman–Crippen MR) is 87.9 cm³/mol. The van der Waals surface area contributed by atoms with Crippen molar-refractivity contribution in [2.24, 2.45) is 4.99 Å². The van der Waals surface area contributed by atoms with Gasteiger partial charge in [-0.2, -0.15) is 0 Å². The number of guanidine groups is 1. The van der Waals surface area contributed by atoms with E-state index in [1.807, 2.05) is 18.2 Å². The Balaban J connectivity index is 1.53. The summed E-state index contributed by atoms with van der Waals surface area (Å²) in [5.41, 5.74) is 1.19. The normalized spacial score (nSPS) is 23.3. The van der Waals surface area contributed by atoms with Crippen LogP contribution in [0.1, 0.15) is 31.2 Å². The number of nitrogens with one attached hydrogen (secondary N) is 2. The van der Waals surface area contributed by atoms with Gasteiger partial charge in [0.05, 0.1) is 26.3 Å². The van der Waals surface area contributed by atoms with Crippen molar-refractivity contribution in [3.8, 4) is 11.5 Å². The van der Waals surface area contributed by atoms with Gasteiger partial charge in [-0.25, -0.2) is 4.99 Å². The molecule has 0 unspecified atom stereocenters. The Morgan fingerprint density at radius 2 is 1.86 bits per heavy atom. The van der Waals surface area contributed by atoms with Crippen LogP contribution in [0.3, 0.4) is 0 Å². The number of hydrogen-bond acceptors (Lipinski definition) is 5. The lowest BCUT2D eigenvalue weighted by Crippen LogP contribution is -2.42. The van der Waals surface area contributed by atoms with Crippen molar-refractivity contribution in [1.82, 2.24) is 10.6 Å². The van der Waals surface area contributed by atoms with E-state index in [9.17, 15) is 0 Å². The van der Waals surface area contributed by atoms with Gasteiger partial charge in [0.2, 0.25) is 0 Å². The first-order valence-electron chi connectivity index (χ1n) is 8.08. The Labute approximate surface area is 132 Å². The van der Waals surface area contributed by atoms with E-state index >= 15 is 0 Å². The summed E-state index contributed by atoms with van der Waals surface area (Å²) in [6, 6.07) is 7.02. The van der Waals surface area contributed by atoms with Crippen LogP contribution in [0.2, 0.25) is 0 Å². The zero-order valence-corrected chi connectivity index (χ0v) is 13.4. The summed E-state index contributed by atoms with van der Waals surface area (Å²) in [4.78, 5) is 4.75. The Morgan fingerprint density at radius 3 is 2.55 bits per heavy atom. The molecule has 2 atom stereocenters. The first-order chi connectivity index (χ1) is 10.8. The monoisotopic (exact) mass is 303 g/mol. The number of ether oxygens (including phenoxy) is 2. The number of aliphatic imine (C=N–C) groups is 1. The molecule has 3 rings (SSSR count). The zero-order valence-electron chi connectivity index (χ0n) is 13.4. The van der Waals surface area contributed by atoms with Crippen molar-refractivity contribution in [1.29, 1.82) is 0 Å². The first kappa shape index (κ1) is 15.0. The number of rotatable bonds is 5. The third-order valence-electron chi connectivity index (χ3n) is 4.46. The molecule has 1 aliphatic heterocycles. The second-order valence-corrected chi connectivity index (χ2v) is 5.98.